The van der Waals surface area contributed by atoms with Crippen LogP contribution in [0.1, 0.15) is 31.7 Å². The average Bonchev–Trinajstić information content (AvgIpc) is 2.63. The normalized spacial score (nSPS) is 11.7. The topological polar surface area (TPSA) is 87.7 Å². The third kappa shape index (κ3) is 8.75. The zero-order valence-electron chi connectivity index (χ0n) is 16.0. The van der Waals surface area contributed by atoms with Gasteiger partial charge in [-0.2, -0.15) is 0 Å². The highest BCUT2D eigenvalue weighted by atomic mass is 32.2. The lowest BCUT2D eigenvalue weighted by Crippen LogP contribution is -2.29. The van der Waals surface area contributed by atoms with Crippen molar-refractivity contribution in [1.29, 1.82) is 0 Å². The van der Waals surface area contributed by atoms with Crippen LogP contribution in [0.5, 0.6) is 0 Å². The minimum atomic E-state index is -3.53. The predicted molar refractivity (Wildman–Crippen MR) is 102 cm³/mol. The molecule has 0 aliphatic rings. The molecule has 2 N–H and O–H groups in total. The van der Waals surface area contributed by atoms with E-state index in [-0.39, 0.29) is 17.3 Å². The van der Waals surface area contributed by atoms with Gasteiger partial charge in [-0.15, -0.1) is 0 Å². The van der Waals surface area contributed by atoms with Crippen molar-refractivity contribution >= 4 is 15.9 Å². The van der Waals surface area contributed by atoms with E-state index >= 15 is 0 Å². The van der Waals surface area contributed by atoms with Gasteiger partial charge in [0.1, 0.15) is 0 Å². The number of amides is 1. The molecule has 1 aromatic carbocycles. The van der Waals surface area contributed by atoms with Crippen molar-refractivity contribution in [1.82, 2.24) is 14.9 Å². The molecule has 148 valence electrons. The Labute approximate surface area is 157 Å². The largest absolute Gasteiger partial charge is 0.383 e. The number of carbonyl (C=O) groups excluding carboxylic acids is 1. The first-order valence-corrected chi connectivity index (χ1v) is 10.4. The summed E-state index contributed by atoms with van der Waals surface area (Å²) in [6.45, 7) is 4.80. The summed E-state index contributed by atoms with van der Waals surface area (Å²) in [6, 6.07) is 6.49. The molecular formula is C18H31N3O4S. The molecule has 0 fully saturated rings. The van der Waals surface area contributed by atoms with Crippen LogP contribution >= 0.6 is 0 Å². The second kappa shape index (κ2) is 12.0. The Morgan fingerprint density at radius 1 is 1.19 bits per heavy atom. The van der Waals surface area contributed by atoms with Gasteiger partial charge in [-0.25, -0.2) is 13.1 Å². The summed E-state index contributed by atoms with van der Waals surface area (Å²) < 4.78 is 31.4. The highest BCUT2D eigenvalue weighted by molar-refractivity contribution is 7.89. The van der Waals surface area contributed by atoms with Crippen LogP contribution in [0, 0.1) is 0 Å². The Morgan fingerprint density at radius 2 is 1.88 bits per heavy atom. The maximum Gasteiger partial charge on any atom is 0.240 e. The summed E-state index contributed by atoms with van der Waals surface area (Å²) in [5, 5.41) is 2.86. The van der Waals surface area contributed by atoms with Crippen LogP contribution in [0.15, 0.2) is 29.2 Å². The van der Waals surface area contributed by atoms with Gasteiger partial charge in [0.05, 0.1) is 11.5 Å². The number of nitrogens with one attached hydrogen (secondary N) is 2. The minimum absolute atomic E-state index is 0.00808. The summed E-state index contributed by atoms with van der Waals surface area (Å²) in [7, 11) is 0.00181. The quantitative estimate of drug-likeness (QED) is 0.501. The number of benzene rings is 1. The van der Waals surface area contributed by atoms with Crippen molar-refractivity contribution in [2.45, 2.75) is 37.6 Å². The highest BCUT2D eigenvalue weighted by Crippen LogP contribution is 2.10. The molecule has 0 unspecified atom stereocenters. The maximum absolute atomic E-state index is 12.1. The molecular weight excluding hydrogens is 354 g/mol. The average molecular weight is 386 g/mol. The molecule has 8 heteroatoms. The van der Waals surface area contributed by atoms with Crippen LogP contribution in [0.25, 0.3) is 0 Å². The third-order valence-corrected chi connectivity index (χ3v) is 5.41. The molecule has 1 amide bonds. The molecule has 1 aromatic rings. The fourth-order valence-corrected chi connectivity index (χ4v) is 3.28. The molecule has 1 rings (SSSR count). The second-order valence-corrected chi connectivity index (χ2v) is 7.99. The van der Waals surface area contributed by atoms with Crippen LogP contribution in [-0.4, -0.2) is 59.6 Å². The highest BCUT2D eigenvalue weighted by Gasteiger charge is 2.13. The van der Waals surface area contributed by atoms with E-state index in [1.54, 1.807) is 12.1 Å². The van der Waals surface area contributed by atoms with Gasteiger partial charge in [0, 0.05) is 33.2 Å². The zero-order chi connectivity index (χ0) is 19.4. The van der Waals surface area contributed by atoms with Crippen molar-refractivity contribution in [2.24, 2.45) is 0 Å². The molecule has 26 heavy (non-hydrogen) atoms. The van der Waals surface area contributed by atoms with Crippen molar-refractivity contribution in [2.75, 3.05) is 40.4 Å². The Hall–Kier alpha value is -1.48. The molecule has 7 nitrogen and oxygen atoms in total. The third-order valence-electron chi connectivity index (χ3n) is 3.94. The van der Waals surface area contributed by atoms with Crippen molar-refractivity contribution in [3.63, 3.8) is 0 Å². The number of ether oxygens (including phenoxy) is 1. The van der Waals surface area contributed by atoms with E-state index in [1.807, 2.05) is 7.05 Å². The van der Waals surface area contributed by atoms with Crippen LogP contribution in [0.3, 0.4) is 0 Å². The number of nitrogens with zero attached hydrogens (tertiary/aromatic N) is 1. The lowest BCUT2D eigenvalue weighted by Gasteiger charge is -2.15. The molecule has 0 atom stereocenters. The van der Waals surface area contributed by atoms with E-state index in [0.29, 0.717) is 19.6 Å². The van der Waals surface area contributed by atoms with Crippen molar-refractivity contribution in [3.05, 3.63) is 29.8 Å². The first-order valence-electron chi connectivity index (χ1n) is 8.91. The van der Waals surface area contributed by atoms with Crippen LogP contribution in [-0.2, 0) is 26.1 Å². The van der Waals surface area contributed by atoms with Gasteiger partial charge in [0.2, 0.25) is 15.9 Å². The van der Waals surface area contributed by atoms with Crippen molar-refractivity contribution in [3.8, 4) is 0 Å². The molecule has 0 spiro atoms. The van der Waals surface area contributed by atoms with Gasteiger partial charge in [0.25, 0.3) is 0 Å². The Morgan fingerprint density at radius 3 is 2.50 bits per heavy atom. The van der Waals surface area contributed by atoms with E-state index in [2.05, 4.69) is 21.9 Å². The molecule has 0 saturated carbocycles. The first kappa shape index (κ1) is 22.6. The SMILES string of the molecule is CCCCN(C)CCC(=O)NCc1ccc(S(=O)(=O)NCCOC)cc1. The van der Waals surface area contributed by atoms with E-state index in [1.165, 1.54) is 19.2 Å². The summed E-state index contributed by atoms with van der Waals surface area (Å²) >= 11 is 0. The number of unbranched alkanes of at least 4 members (excludes halogenated alkanes) is 1. The van der Waals surface area contributed by atoms with E-state index < -0.39 is 10.0 Å². The smallest absolute Gasteiger partial charge is 0.240 e. The standard InChI is InChI=1S/C18H31N3O4S/c1-4-5-12-21(2)13-10-18(22)19-15-16-6-8-17(9-7-16)26(23,24)20-11-14-25-3/h6-9,20H,4-5,10-15H2,1-3H3,(H,19,22). The predicted octanol–water partition coefficient (Wildman–Crippen LogP) is 1.35. The summed E-state index contributed by atoms with van der Waals surface area (Å²) in [4.78, 5) is 14.3. The van der Waals surface area contributed by atoms with Crippen LogP contribution in [0.4, 0.5) is 0 Å². The number of hydrogen-bond donors (Lipinski definition) is 2. The van der Waals surface area contributed by atoms with E-state index in [4.69, 9.17) is 4.74 Å². The van der Waals surface area contributed by atoms with Crippen LogP contribution < -0.4 is 10.0 Å². The molecule has 0 bridgehead atoms. The number of hydrogen-bond acceptors (Lipinski definition) is 5. The Bertz CT molecular complexity index is 632. The number of methoxy groups -OCH3 is 1. The van der Waals surface area contributed by atoms with E-state index in [0.717, 1.165) is 31.5 Å². The van der Waals surface area contributed by atoms with E-state index in [9.17, 15) is 13.2 Å². The van der Waals surface area contributed by atoms with Gasteiger partial charge in [0.15, 0.2) is 0 Å². The fourth-order valence-electron chi connectivity index (χ4n) is 2.27. The fraction of sp³-hybridized carbons (Fsp3) is 0.611. The molecule has 0 radical (unpaired) electrons. The van der Waals surface area contributed by atoms with Gasteiger partial charge in [-0.05, 0) is 37.7 Å². The summed E-state index contributed by atoms with van der Waals surface area (Å²) in [6.07, 6.45) is 2.73. The van der Waals surface area contributed by atoms with Crippen molar-refractivity contribution < 1.29 is 17.9 Å². The van der Waals surface area contributed by atoms with Gasteiger partial charge in [-0.3, -0.25) is 4.79 Å². The number of sulfonamides is 1. The lowest BCUT2D eigenvalue weighted by atomic mass is 10.2. The summed E-state index contributed by atoms with van der Waals surface area (Å²) in [5.74, 6) is -0.00808. The molecule has 0 aliphatic heterocycles. The first-order chi connectivity index (χ1) is 12.4. The minimum Gasteiger partial charge on any atom is -0.383 e. The zero-order valence-corrected chi connectivity index (χ0v) is 16.8. The van der Waals surface area contributed by atoms with Crippen LogP contribution in [0.2, 0.25) is 0 Å². The monoisotopic (exact) mass is 385 g/mol. The molecule has 0 heterocycles. The second-order valence-electron chi connectivity index (χ2n) is 6.22. The summed E-state index contributed by atoms with van der Waals surface area (Å²) in [5.41, 5.74) is 0.855. The number of rotatable bonds is 13. The Balaban J connectivity index is 2.41. The van der Waals surface area contributed by atoms with Gasteiger partial charge in [-0.1, -0.05) is 25.5 Å². The maximum atomic E-state index is 12.1. The molecule has 0 aromatic heterocycles. The molecule has 0 aliphatic carbocycles. The van der Waals surface area contributed by atoms with Gasteiger partial charge >= 0.3 is 0 Å². The number of carbonyl (C=O) groups is 1. The lowest BCUT2D eigenvalue weighted by molar-refractivity contribution is -0.121. The molecule has 0 saturated heterocycles. The Kier molecular flexibility index (Phi) is 10.4. The van der Waals surface area contributed by atoms with Gasteiger partial charge < -0.3 is 15.0 Å².